The molecule has 0 radical (unpaired) electrons. The molecule has 2 heterocycles. The maximum absolute atomic E-state index is 12.6. The topological polar surface area (TPSA) is 107 Å². The summed E-state index contributed by atoms with van der Waals surface area (Å²) >= 11 is 0. The number of ether oxygens (including phenoxy) is 2. The van der Waals surface area contributed by atoms with Crippen molar-refractivity contribution < 1.29 is 19.1 Å². The van der Waals surface area contributed by atoms with E-state index in [2.05, 4.69) is 15.8 Å². The van der Waals surface area contributed by atoms with Gasteiger partial charge in [0.1, 0.15) is 17.3 Å². The molecule has 2 aliphatic heterocycles. The molecule has 3 aliphatic rings. The van der Waals surface area contributed by atoms with E-state index in [1.165, 1.54) is 0 Å². The normalized spacial score (nSPS) is 25.2. The van der Waals surface area contributed by atoms with E-state index in [4.69, 9.17) is 20.0 Å². The maximum atomic E-state index is 12.6. The zero-order valence-corrected chi connectivity index (χ0v) is 16.3. The fourth-order valence-corrected chi connectivity index (χ4v) is 3.64. The van der Waals surface area contributed by atoms with Crippen LogP contribution in [0.15, 0.2) is 50.8 Å². The number of amidine groups is 1. The summed E-state index contributed by atoms with van der Waals surface area (Å²) in [6, 6.07) is 0.0289. The SMILES string of the molecule is CCOC(=O)C1=C(N=C(C)N)NC2=CC(C3=C(C)ONC3C)=C(OC)CC21. The van der Waals surface area contributed by atoms with Gasteiger partial charge >= 0.3 is 5.97 Å². The number of allylic oxidation sites excluding steroid dienone is 4. The first kappa shape index (κ1) is 19.0. The predicted octanol–water partition coefficient (Wildman–Crippen LogP) is 1.74. The molecule has 0 aromatic rings. The predicted molar refractivity (Wildman–Crippen MR) is 101 cm³/mol. The Bertz CT molecular complexity index is 816. The van der Waals surface area contributed by atoms with Gasteiger partial charge in [0.15, 0.2) is 0 Å². The van der Waals surface area contributed by atoms with E-state index in [9.17, 15) is 4.79 Å². The van der Waals surface area contributed by atoms with Crippen molar-refractivity contribution in [2.75, 3.05) is 13.7 Å². The van der Waals surface area contributed by atoms with Crippen LogP contribution in [0.25, 0.3) is 0 Å². The van der Waals surface area contributed by atoms with Gasteiger partial charge in [-0.25, -0.2) is 9.79 Å². The second-order valence-electron chi connectivity index (χ2n) is 6.67. The standard InChI is InChI=1S/C19H26N4O4/c1-6-26-19(24)17-12-8-15(25-5)13(16-9(2)23-27-10(16)3)7-14(12)22-18(17)21-11(4)20/h7,9,12,22-23H,6,8H2,1-5H3,(H2,20,21). The molecule has 0 fully saturated rings. The van der Waals surface area contributed by atoms with Gasteiger partial charge in [-0.1, -0.05) is 0 Å². The van der Waals surface area contributed by atoms with Crippen LogP contribution in [-0.4, -0.2) is 31.6 Å². The molecule has 2 unspecified atom stereocenters. The summed E-state index contributed by atoms with van der Waals surface area (Å²) < 4.78 is 10.9. The van der Waals surface area contributed by atoms with Crippen molar-refractivity contribution in [2.24, 2.45) is 16.6 Å². The van der Waals surface area contributed by atoms with Gasteiger partial charge in [-0.3, -0.25) is 0 Å². The van der Waals surface area contributed by atoms with E-state index in [0.29, 0.717) is 23.7 Å². The van der Waals surface area contributed by atoms with Crippen molar-refractivity contribution in [3.05, 3.63) is 45.8 Å². The molecule has 146 valence electrons. The zero-order valence-electron chi connectivity index (χ0n) is 16.3. The molecule has 0 amide bonds. The van der Waals surface area contributed by atoms with E-state index in [1.807, 2.05) is 19.9 Å². The van der Waals surface area contributed by atoms with Crippen LogP contribution in [0.4, 0.5) is 0 Å². The summed E-state index contributed by atoms with van der Waals surface area (Å²) in [5.74, 6) is 1.77. The summed E-state index contributed by atoms with van der Waals surface area (Å²) in [6.45, 7) is 7.67. The molecule has 2 atom stereocenters. The Hall–Kier alpha value is -2.74. The minimum atomic E-state index is -0.396. The lowest BCUT2D eigenvalue weighted by Gasteiger charge is -2.25. The van der Waals surface area contributed by atoms with Gasteiger partial charge in [0, 0.05) is 29.2 Å². The average molecular weight is 374 g/mol. The quantitative estimate of drug-likeness (QED) is 0.382. The second-order valence-corrected chi connectivity index (χ2v) is 6.67. The highest BCUT2D eigenvalue weighted by Crippen LogP contribution is 2.43. The molecule has 0 saturated heterocycles. The highest BCUT2D eigenvalue weighted by molar-refractivity contribution is 5.93. The molecule has 3 rings (SSSR count). The van der Waals surface area contributed by atoms with Crippen molar-refractivity contribution >= 4 is 11.8 Å². The number of nitrogens with one attached hydrogen (secondary N) is 2. The molecule has 4 N–H and O–H groups in total. The van der Waals surface area contributed by atoms with E-state index >= 15 is 0 Å². The minimum absolute atomic E-state index is 0.0289. The van der Waals surface area contributed by atoms with Crippen molar-refractivity contribution in [1.29, 1.82) is 0 Å². The number of nitrogens with zero attached hydrogens (tertiary/aromatic N) is 1. The lowest BCUT2D eigenvalue weighted by molar-refractivity contribution is -0.139. The summed E-state index contributed by atoms with van der Waals surface area (Å²) in [4.78, 5) is 22.3. The molecule has 0 aromatic heterocycles. The molecule has 27 heavy (non-hydrogen) atoms. The third-order valence-corrected chi connectivity index (χ3v) is 4.75. The van der Waals surface area contributed by atoms with Crippen LogP contribution < -0.4 is 16.5 Å². The average Bonchev–Trinajstić information content (AvgIpc) is 3.12. The van der Waals surface area contributed by atoms with Crippen LogP contribution in [0.2, 0.25) is 0 Å². The van der Waals surface area contributed by atoms with E-state index in [-0.39, 0.29) is 18.6 Å². The summed E-state index contributed by atoms with van der Waals surface area (Å²) in [5.41, 5.74) is 12.0. The Morgan fingerprint density at radius 3 is 2.78 bits per heavy atom. The van der Waals surface area contributed by atoms with Gasteiger partial charge in [0.2, 0.25) is 0 Å². The second kappa shape index (κ2) is 7.48. The minimum Gasteiger partial charge on any atom is -0.500 e. The van der Waals surface area contributed by atoms with Crippen molar-refractivity contribution in [3.63, 3.8) is 0 Å². The van der Waals surface area contributed by atoms with Gasteiger partial charge in [-0.2, -0.15) is 0 Å². The number of hydrogen-bond donors (Lipinski definition) is 3. The number of fused-ring (bicyclic) bond motifs is 1. The lowest BCUT2D eigenvalue weighted by atomic mass is 9.84. The Labute approximate surface area is 158 Å². The number of carbonyl (C=O) groups is 1. The largest absolute Gasteiger partial charge is 0.500 e. The van der Waals surface area contributed by atoms with Crippen molar-refractivity contribution in [3.8, 4) is 0 Å². The molecule has 0 aromatic carbocycles. The van der Waals surface area contributed by atoms with Gasteiger partial charge in [0.05, 0.1) is 31.2 Å². The van der Waals surface area contributed by atoms with Crippen LogP contribution in [0.5, 0.6) is 0 Å². The van der Waals surface area contributed by atoms with E-state index < -0.39 is 5.97 Å². The Morgan fingerprint density at radius 2 is 2.22 bits per heavy atom. The lowest BCUT2D eigenvalue weighted by Crippen LogP contribution is -2.24. The molecule has 0 saturated carbocycles. The molecular formula is C19H26N4O4. The van der Waals surface area contributed by atoms with Gasteiger partial charge in [-0.15, -0.1) is 5.48 Å². The Balaban J connectivity index is 2.04. The fraction of sp³-hybridized carbons (Fsp3) is 0.474. The van der Waals surface area contributed by atoms with Gasteiger partial charge in [0.25, 0.3) is 0 Å². The van der Waals surface area contributed by atoms with Crippen LogP contribution in [0, 0.1) is 5.92 Å². The zero-order chi connectivity index (χ0) is 19.7. The van der Waals surface area contributed by atoms with Gasteiger partial charge in [-0.05, 0) is 33.8 Å². The highest BCUT2D eigenvalue weighted by Gasteiger charge is 2.40. The number of methoxy groups -OCH3 is 1. The van der Waals surface area contributed by atoms with E-state index in [1.54, 1.807) is 21.0 Å². The first-order valence-electron chi connectivity index (χ1n) is 8.98. The van der Waals surface area contributed by atoms with Crippen molar-refractivity contribution in [1.82, 2.24) is 10.8 Å². The highest BCUT2D eigenvalue weighted by atomic mass is 16.7. The number of rotatable bonds is 5. The molecule has 1 aliphatic carbocycles. The number of hydrogen-bond acceptors (Lipinski definition) is 7. The van der Waals surface area contributed by atoms with Crippen LogP contribution in [0.1, 0.15) is 34.1 Å². The monoisotopic (exact) mass is 374 g/mol. The molecule has 0 bridgehead atoms. The number of aliphatic imine (C=N–C) groups is 1. The number of esters is 1. The smallest absolute Gasteiger partial charge is 0.338 e. The number of hydroxylamine groups is 1. The summed E-state index contributed by atoms with van der Waals surface area (Å²) in [6.07, 6.45) is 2.51. The van der Waals surface area contributed by atoms with E-state index in [0.717, 1.165) is 28.4 Å². The molecular weight excluding hydrogens is 348 g/mol. The summed E-state index contributed by atoms with van der Waals surface area (Å²) in [7, 11) is 1.64. The van der Waals surface area contributed by atoms with Crippen LogP contribution in [-0.2, 0) is 19.1 Å². The maximum Gasteiger partial charge on any atom is 0.338 e. The Morgan fingerprint density at radius 1 is 1.48 bits per heavy atom. The molecule has 8 nitrogen and oxygen atoms in total. The third-order valence-electron chi connectivity index (χ3n) is 4.75. The number of carbonyl (C=O) groups excluding carboxylic acids is 1. The molecule has 8 heteroatoms. The van der Waals surface area contributed by atoms with Gasteiger partial charge < -0.3 is 25.4 Å². The first-order chi connectivity index (χ1) is 12.9. The van der Waals surface area contributed by atoms with Crippen LogP contribution >= 0.6 is 0 Å². The molecule has 0 spiro atoms. The first-order valence-corrected chi connectivity index (χ1v) is 8.98. The number of nitrogens with two attached hydrogens (primary N) is 1. The summed E-state index contributed by atoms with van der Waals surface area (Å²) in [5, 5.41) is 3.24. The van der Waals surface area contributed by atoms with Crippen molar-refractivity contribution in [2.45, 2.75) is 40.2 Å². The fourth-order valence-electron chi connectivity index (χ4n) is 3.64. The Kier molecular flexibility index (Phi) is 5.27. The third kappa shape index (κ3) is 3.44. The van der Waals surface area contributed by atoms with Crippen LogP contribution in [0.3, 0.4) is 0 Å².